The summed E-state index contributed by atoms with van der Waals surface area (Å²) in [4.78, 5) is 29.4. The van der Waals surface area contributed by atoms with Gasteiger partial charge in [-0.1, -0.05) is 30.7 Å². The molecule has 3 rings (SSSR count). The van der Waals surface area contributed by atoms with Crippen LogP contribution in [-0.2, 0) is 9.53 Å². The molecule has 0 radical (unpaired) electrons. The second kappa shape index (κ2) is 8.97. The number of benzene rings is 1. The van der Waals surface area contributed by atoms with Gasteiger partial charge in [-0.2, -0.15) is 0 Å². The summed E-state index contributed by atoms with van der Waals surface area (Å²) < 4.78 is 5.36. The van der Waals surface area contributed by atoms with Crippen molar-refractivity contribution in [3.8, 4) is 0 Å². The summed E-state index contributed by atoms with van der Waals surface area (Å²) >= 11 is 6.16. The van der Waals surface area contributed by atoms with Crippen LogP contribution in [0, 0.1) is 5.92 Å². The van der Waals surface area contributed by atoms with Gasteiger partial charge >= 0.3 is 12.0 Å². The zero-order chi connectivity index (χ0) is 20.3. The number of hydrogen-bond acceptors (Lipinski definition) is 4. The topological polar surface area (TPSA) is 61.9 Å². The van der Waals surface area contributed by atoms with E-state index in [1.54, 1.807) is 26.1 Å². The predicted octanol–water partition coefficient (Wildman–Crippen LogP) is 3.59. The van der Waals surface area contributed by atoms with Crippen molar-refractivity contribution in [2.24, 2.45) is 5.92 Å². The van der Waals surface area contributed by atoms with E-state index in [0.29, 0.717) is 28.8 Å². The van der Waals surface area contributed by atoms with Crippen molar-refractivity contribution in [1.29, 1.82) is 0 Å². The van der Waals surface area contributed by atoms with Crippen LogP contribution in [0.5, 0.6) is 0 Å². The Balaban J connectivity index is 2.02. The zero-order valence-corrected chi connectivity index (χ0v) is 17.5. The van der Waals surface area contributed by atoms with E-state index in [1.807, 2.05) is 12.1 Å². The number of esters is 1. The van der Waals surface area contributed by atoms with Gasteiger partial charge in [-0.15, -0.1) is 0 Å². The fourth-order valence-electron chi connectivity index (χ4n) is 3.77. The molecule has 0 spiro atoms. The number of piperidine rings is 1. The highest BCUT2D eigenvalue weighted by molar-refractivity contribution is 6.30. The second-order valence-corrected chi connectivity index (χ2v) is 7.97. The number of amides is 2. The number of carbonyl (C=O) groups is 2. The molecule has 152 valence electrons. The largest absolute Gasteiger partial charge is 0.463 e. The molecule has 2 heterocycles. The maximum Gasteiger partial charge on any atom is 0.338 e. The Morgan fingerprint density at radius 3 is 2.68 bits per heavy atom. The SMILES string of the molecule is CCOC(=O)C1=C(CN2CCC(C)CC2)N(C)C(=O)N[C@@H]1c1cccc(Cl)c1. The molecule has 1 saturated heterocycles. The quantitative estimate of drug-likeness (QED) is 0.760. The molecule has 28 heavy (non-hydrogen) atoms. The molecule has 2 aliphatic heterocycles. The molecule has 0 bridgehead atoms. The van der Waals surface area contributed by atoms with E-state index in [4.69, 9.17) is 16.3 Å². The zero-order valence-electron chi connectivity index (χ0n) is 16.7. The van der Waals surface area contributed by atoms with Crippen molar-refractivity contribution < 1.29 is 14.3 Å². The van der Waals surface area contributed by atoms with Gasteiger partial charge in [0.15, 0.2) is 0 Å². The van der Waals surface area contributed by atoms with E-state index in [-0.39, 0.29) is 12.6 Å². The van der Waals surface area contributed by atoms with Crippen LogP contribution in [0.1, 0.15) is 38.3 Å². The van der Waals surface area contributed by atoms with Gasteiger partial charge in [0, 0.05) is 24.3 Å². The number of nitrogens with one attached hydrogen (secondary N) is 1. The molecule has 2 amide bonds. The Morgan fingerprint density at radius 1 is 1.32 bits per heavy atom. The monoisotopic (exact) mass is 405 g/mol. The number of hydrogen-bond donors (Lipinski definition) is 1. The van der Waals surface area contributed by atoms with Crippen molar-refractivity contribution in [2.45, 2.75) is 32.7 Å². The molecular weight excluding hydrogens is 378 g/mol. The number of rotatable bonds is 5. The molecule has 7 heteroatoms. The third kappa shape index (κ3) is 4.50. The molecule has 1 N–H and O–H groups in total. The van der Waals surface area contributed by atoms with Crippen LogP contribution in [-0.4, -0.2) is 55.1 Å². The Morgan fingerprint density at radius 2 is 2.04 bits per heavy atom. The Bertz CT molecular complexity index is 772. The summed E-state index contributed by atoms with van der Waals surface area (Å²) in [6, 6.07) is 6.40. The van der Waals surface area contributed by atoms with Crippen LogP contribution in [0.3, 0.4) is 0 Å². The normalized spacial score (nSPS) is 21.6. The average Bonchev–Trinajstić information content (AvgIpc) is 2.67. The highest BCUT2D eigenvalue weighted by Gasteiger charge is 2.37. The Hall–Kier alpha value is -2.05. The van der Waals surface area contributed by atoms with Gasteiger partial charge in [0.05, 0.1) is 18.2 Å². The molecule has 0 unspecified atom stereocenters. The van der Waals surface area contributed by atoms with Gasteiger partial charge in [-0.25, -0.2) is 9.59 Å². The summed E-state index contributed by atoms with van der Waals surface area (Å²) in [6.07, 6.45) is 2.24. The second-order valence-electron chi connectivity index (χ2n) is 7.54. The van der Waals surface area contributed by atoms with Gasteiger partial charge < -0.3 is 10.1 Å². The van der Waals surface area contributed by atoms with E-state index in [2.05, 4.69) is 17.1 Å². The standard InChI is InChI=1S/C21H28ClN3O3/c1-4-28-20(26)18-17(13-25-10-8-14(2)9-11-25)24(3)21(27)23-19(18)15-6-5-7-16(22)12-15/h5-7,12,14,19H,4,8-11,13H2,1-3H3,(H,23,27)/t19-/m1/s1. The lowest BCUT2D eigenvalue weighted by molar-refractivity contribution is -0.139. The summed E-state index contributed by atoms with van der Waals surface area (Å²) in [5.74, 6) is 0.307. The first-order valence-corrected chi connectivity index (χ1v) is 10.2. The molecule has 1 fully saturated rings. The third-order valence-electron chi connectivity index (χ3n) is 5.50. The summed E-state index contributed by atoms with van der Waals surface area (Å²) in [5, 5.41) is 3.48. The number of nitrogens with zero attached hydrogens (tertiary/aromatic N) is 2. The van der Waals surface area contributed by atoms with Crippen LogP contribution >= 0.6 is 11.6 Å². The number of urea groups is 1. The first-order chi connectivity index (χ1) is 13.4. The lowest BCUT2D eigenvalue weighted by Crippen LogP contribution is -2.50. The van der Waals surface area contributed by atoms with Crippen molar-refractivity contribution >= 4 is 23.6 Å². The summed E-state index contributed by atoms with van der Waals surface area (Å²) in [6.45, 7) is 6.77. The van der Waals surface area contributed by atoms with Crippen LogP contribution in [0.25, 0.3) is 0 Å². The molecule has 0 saturated carbocycles. The van der Waals surface area contributed by atoms with E-state index < -0.39 is 12.0 Å². The van der Waals surface area contributed by atoms with Crippen molar-refractivity contribution in [1.82, 2.24) is 15.1 Å². The molecule has 1 atom stereocenters. The Kier molecular flexibility index (Phi) is 6.62. The summed E-state index contributed by atoms with van der Waals surface area (Å²) in [5.41, 5.74) is 1.94. The first-order valence-electron chi connectivity index (χ1n) is 9.83. The minimum absolute atomic E-state index is 0.238. The first kappa shape index (κ1) is 20.7. The fraction of sp³-hybridized carbons (Fsp3) is 0.524. The smallest absolute Gasteiger partial charge is 0.338 e. The van der Waals surface area contributed by atoms with E-state index >= 15 is 0 Å². The Labute approximate surface area is 171 Å². The molecule has 6 nitrogen and oxygen atoms in total. The molecule has 0 aromatic heterocycles. The van der Waals surface area contributed by atoms with Gasteiger partial charge in [0.25, 0.3) is 0 Å². The molecular formula is C21H28ClN3O3. The van der Waals surface area contributed by atoms with Crippen LogP contribution in [0.15, 0.2) is 35.5 Å². The summed E-state index contributed by atoms with van der Waals surface area (Å²) in [7, 11) is 1.70. The van der Waals surface area contributed by atoms with Gasteiger partial charge in [0.2, 0.25) is 0 Å². The maximum absolute atomic E-state index is 12.9. The molecule has 1 aromatic carbocycles. The van der Waals surface area contributed by atoms with Gasteiger partial charge in [-0.3, -0.25) is 9.80 Å². The van der Waals surface area contributed by atoms with Crippen molar-refractivity contribution in [3.63, 3.8) is 0 Å². The minimum atomic E-state index is -0.583. The van der Waals surface area contributed by atoms with Crippen LogP contribution in [0.2, 0.25) is 5.02 Å². The number of halogens is 1. The predicted molar refractivity (Wildman–Crippen MR) is 109 cm³/mol. The lowest BCUT2D eigenvalue weighted by Gasteiger charge is -2.38. The number of carbonyl (C=O) groups excluding carboxylic acids is 2. The fourth-order valence-corrected chi connectivity index (χ4v) is 3.96. The maximum atomic E-state index is 12.9. The molecule has 0 aliphatic carbocycles. The van der Waals surface area contributed by atoms with Gasteiger partial charge in [-0.05, 0) is 56.5 Å². The van der Waals surface area contributed by atoms with Crippen LogP contribution < -0.4 is 5.32 Å². The average molecular weight is 406 g/mol. The van der Waals surface area contributed by atoms with E-state index in [9.17, 15) is 9.59 Å². The number of likely N-dealkylation sites (N-methyl/N-ethyl adjacent to an activating group) is 1. The van der Waals surface area contributed by atoms with Crippen LogP contribution in [0.4, 0.5) is 4.79 Å². The molecule has 1 aromatic rings. The highest BCUT2D eigenvalue weighted by Crippen LogP contribution is 2.33. The van der Waals surface area contributed by atoms with Crippen molar-refractivity contribution in [2.75, 3.05) is 33.3 Å². The van der Waals surface area contributed by atoms with E-state index in [1.165, 1.54) is 4.90 Å². The third-order valence-corrected chi connectivity index (χ3v) is 5.74. The number of likely N-dealkylation sites (tertiary alicyclic amines) is 1. The van der Waals surface area contributed by atoms with Gasteiger partial charge in [0.1, 0.15) is 0 Å². The highest BCUT2D eigenvalue weighted by atomic mass is 35.5. The number of ether oxygens (including phenoxy) is 1. The van der Waals surface area contributed by atoms with Crippen molar-refractivity contribution in [3.05, 3.63) is 46.1 Å². The van der Waals surface area contributed by atoms with E-state index in [0.717, 1.165) is 31.5 Å². The minimum Gasteiger partial charge on any atom is -0.463 e. The lowest BCUT2D eigenvalue weighted by atomic mass is 9.93. The molecule has 2 aliphatic rings.